The van der Waals surface area contributed by atoms with Gasteiger partial charge in [-0.3, -0.25) is 9.36 Å². The van der Waals surface area contributed by atoms with Gasteiger partial charge in [-0.05, 0) is 41.7 Å². The molecule has 6 heteroatoms. The van der Waals surface area contributed by atoms with E-state index in [1.54, 1.807) is 37.4 Å². The van der Waals surface area contributed by atoms with Crippen LogP contribution in [-0.2, 0) is 11.8 Å². The first-order chi connectivity index (χ1) is 12.3. The number of nitrogens with one attached hydrogen (secondary N) is 1. The van der Waals surface area contributed by atoms with Crippen molar-refractivity contribution in [2.24, 2.45) is 13.0 Å². The van der Waals surface area contributed by atoms with Crippen molar-refractivity contribution in [3.8, 4) is 0 Å². The van der Waals surface area contributed by atoms with Crippen molar-refractivity contribution in [2.75, 3.05) is 5.32 Å². The smallest absolute Gasteiger partial charge is 0.408 e. The molecule has 1 atom stereocenters. The van der Waals surface area contributed by atoms with Gasteiger partial charge in [-0.15, -0.1) is 0 Å². The minimum Gasteiger partial charge on any atom is -0.408 e. The average Bonchev–Trinajstić information content (AvgIpc) is 2.87. The molecule has 1 amide bonds. The predicted octanol–water partition coefficient (Wildman–Crippen LogP) is 4.04. The van der Waals surface area contributed by atoms with Gasteiger partial charge in [0.25, 0.3) is 0 Å². The number of carbonyl (C=O) groups is 1. The fourth-order valence-corrected chi connectivity index (χ4v) is 3.07. The molecule has 136 valence electrons. The van der Waals surface area contributed by atoms with E-state index in [-0.39, 0.29) is 30.0 Å². The Labute approximate surface area is 150 Å². The summed E-state index contributed by atoms with van der Waals surface area (Å²) in [5.74, 6) is -0.682. The van der Waals surface area contributed by atoms with Crippen LogP contribution in [0, 0.1) is 11.7 Å². The first-order valence-electron chi connectivity index (χ1n) is 8.50. The van der Waals surface area contributed by atoms with Crippen LogP contribution in [0.3, 0.4) is 0 Å². The van der Waals surface area contributed by atoms with E-state index in [1.807, 2.05) is 13.8 Å². The molecule has 5 nitrogen and oxygen atoms in total. The predicted molar refractivity (Wildman–Crippen MR) is 98.7 cm³/mol. The fraction of sp³-hybridized carbons (Fsp3) is 0.300. The van der Waals surface area contributed by atoms with Crippen molar-refractivity contribution in [3.63, 3.8) is 0 Å². The number of benzene rings is 2. The normalized spacial score (nSPS) is 12.5. The van der Waals surface area contributed by atoms with E-state index in [0.717, 1.165) is 5.56 Å². The fourth-order valence-electron chi connectivity index (χ4n) is 3.07. The maximum atomic E-state index is 13.1. The zero-order chi connectivity index (χ0) is 18.8. The molecule has 1 N–H and O–H groups in total. The van der Waals surface area contributed by atoms with Gasteiger partial charge in [-0.1, -0.05) is 26.0 Å². The molecule has 0 aliphatic carbocycles. The molecule has 0 aliphatic rings. The lowest BCUT2D eigenvalue weighted by molar-refractivity contribution is -0.116. The highest BCUT2D eigenvalue weighted by atomic mass is 19.1. The summed E-state index contributed by atoms with van der Waals surface area (Å²) in [6.45, 7) is 4.07. The molecule has 26 heavy (non-hydrogen) atoms. The first-order valence-corrected chi connectivity index (χ1v) is 8.50. The van der Waals surface area contributed by atoms with E-state index >= 15 is 0 Å². The summed E-state index contributed by atoms with van der Waals surface area (Å²) in [6.07, 6.45) is 0.278. The number of amides is 1. The Morgan fingerprint density at radius 1 is 1.19 bits per heavy atom. The molecule has 0 saturated carbocycles. The maximum absolute atomic E-state index is 13.1. The van der Waals surface area contributed by atoms with Crippen molar-refractivity contribution in [2.45, 2.75) is 26.2 Å². The largest absolute Gasteiger partial charge is 0.419 e. The number of oxazole rings is 1. The second-order valence-electron chi connectivity index (χ2n) is 6.76. The van der Waals surface area contributed by atoms with Crippen molar-refractivity contribution < 1.29 is 13.6 Å². The monoisotopic (exact) mass is 356 g/mol. The highest BCUT2D eigenvalue weighted by Gasteiger charge is 2.20. The summed E-state index contributed by atoms with van der Waals surface area (Å²) >= 11 is 0. The van der Waals surface area contributed by atoms with Gasteiger partial charge in [0.15, 0.2) is 5.58 Å². The molecule has 0 aliphatic heterocycles. The minimum absolute atomic E-state index is 0.0195. The van der Waals surface area contributed by atoms with Crippen LogP contribution in [0.15, 0.2) is 51.7 Å². The lowest BCUT2D eigenvalue weighted by Gasteiger charge is -2.21. The molecule has 3 aromatic rings. The van der Waals surface area contributed by atoms with Gasteiger partial charge in [0.05, 0.1) is 5.52 Å². The van der Waals surface area contributed by atoms with E-state index in [4.69, 9.17) is 4.42 Å². The van der Waals surface area contributed by atoms with Gasteiger partial charge in [-0.25, -0.2) is 9.18 Å². The molecular formula is C20H21FN2O3. The van der Waals surface area contributed by atoms with Crippen molar-refractivity contribution in [1.29, 1.82) is 0 Å². The third-order valence-corrected chi connectivity index (χ3v) is 4.58. The summed E-state index contributed by atoms with van der Waals surface area (Å²) in [4.78, 5) is 24.0. The first kappa shape index (κ1) is 17.9. The van der Waals surface area contributed by atoms with Crippen LogP contribution in [0.4, 0.5) is 10.1 Å². The number of nitrogens with zero attached hydrogens (tertiary/aromatic N) is 1. The highest BCUT2D eigenvalue weighted by molar-refractivity contribution is 5.93. The number of halogens is 1. The summed E-state index contributed by atoms with van der Waals surface area (Å²) in [7, 11) is 1.63. The summed E-state index contributed by atoms with van der Waals surface area (Å²) in [5, 5.41) is 2.84. The number of aryl methyl sites for hydroxylation is 1. The Balaban J connectivity index is 1.76. The van der Waals surface area contributed by atoms with Gasteiger partial charge < -0.3 is 9.73 Å². The van der Waals surface area contributed by atoms with Crippen molar-refractivity contribution in [3.05, 3.63) is 64.4 Å². The van der Waals surface area contributed by atoms with Crippen molar-refractivity contribution in [1.82, 2.24) is 4.57 Å². The highest BCUT2D eigenvalue weighted by Crippen LogP contribution is 2.29. The lowest BCUT2D eigenvalue weighted by atomic mass is 9.85. The Bertz CT molecular complexity index is 986. The van der Waals surface area contributed by atoms with Gasteiger partial charge in [-0.2, -0.15) is 0 Å². The number of rotatable bonds is 5. The van der Waals surface area contributed by atoms with Crippen LogP contribution in [0.1, 0.15) is 31.7 Å². The number of carbonyl (C=O) groups excluding carboxylic acids is 1. The topological polar surface area (TPSA) is 64.2 Å². The van der Waals surface area contributed by atoms with Gasteiger partial charge in [0, 0.05) is 25.2 Å². The standard InChI is InChI=1S/C20H21FN2O3/c1-12(2)16(13-4-6-14(21)7-5-13)11-19(24)22-15-8-9-17-18(10-15)26-20(25)23(17)3/h4-10,12,16H,11H2,1-3H3,(H,22,24). The number of anilines is 1. The van der Waals surface area contributed by atoms with E-state index in [9.17, 15) is 14.0 Å². The molecular weight excluding hydrogens is 335 g/mol. The van der Waals surface area contributed by atoms with E-state index in [2.05, 4.69) is 5.32 Å². The van der Waals surface area contributed by atoms with Gasteiger partial charge in [0.1, 0.15) is 5.82 Å². The van der Waals surface area contributed by atoms with Crippen LogP contribution in [-0.4, -0.2) is 10.5 Å². The molecule has 0 spiro atoms. The van der Waals surface area contributed by atoms with E-state index < -0.39 is 5.76 Å². The average molecular weight is 356 g/mol. The Hall–Kier alpha value is -2.89. The Kier molecular flexibility index (Phi) is 4.93. The summed E-state index contributed by atoms with van der Waals surface area (Å²) < 4.78 is 19.7. The summed E-state index contributed by atoms with van der Waals surface area (Å²) in [6, 6.07) is 11.4. The minimum atomic E-state index is -0.445. The third kappa shape index (κ3) is 3.69. The number of hydrogen-bond acceptors (Lipinski definition) is 3. The molecule has 3 rings (SSSR count). The molecule has 2 aromatic carbocycles. The Morgan fingerprint density at radius 3 is 2.54 bits per heavy atom. The van der Waals surface area contributed by atoms with Gasteiger partial charge >= 0.3 is 5.76 Å². The molecule has 1 unspecified atom stereocenters. The summed E-state index contributed by atoms with van der Waals surface area (Å²) in [5.41, 5.74) is 2.59. The molecule has 0 saturated heterocycles. The van der Waals surface area contributed by atoms with Crippen LogP contribution < -0.4 is 11.1 Å². The number of aromatic nitrogens is 1. The van der Waals surface area contributed by atoms with Crippen LogP contribution in [0.5, 0.6) is 0 Å². The molecule has 1 heterocycles. The molecule has 1 aromatic heterocycles. The molecule has 0 radical (unpaired) electrons. The second kappa shape index (κ2) is 7.15. The second-order valence-corrected chi connectivity index (χ2v) is 6.76. The van der Waals surface area contributed by atoms with E-state index in [1.165, 1.54) is 16.7 Å². The zero-order valence-corrected chi connectivity index (χ0v) is 15.0. The third-order valence-electron chi connectivity index (χ3n) is 4.58. The SMILES string of the molecule is CC(C)C(CC(=O)Nc1ccc2c(c1)oc(=O)n2C)c1ccc(F)cc1. The zero-order valence-electron chi connectivity index (χ0n) is 15.0. The van der Waals surface area contributed by atoms with Gasteiger partial charge in [0.2, 0.25) is 5.91 Å². The van der Waals surface area contributed by atoms with E-state index in [0.29, 0.717) is 16.8 Å². The maximum Gasteiger partial charge on any atom is 0.419 e. The lowest BCUT2D eigenvalue weighted by Crippen LogP contribution is -2.18. The van der Waals surface area contributed by atoms with Crippen LogP contribution in [0.2, 0.25) is 0 Å². The number of fused-ring (bicyclic) bond motifs is 1. The quantitative estimate of drug-likeness (QED) is 0.750. The van der Waals surface area contributed by atoms with Crippen molar-refractivity contribution >= 4 is 22.7 Å². The number of hydrogen-bond donors (Lipinski definition) is 1. The molecule has 0 fully saturated rings. The Morgan fingerprint density at radius 2 is 1.88 bits per heavy atom. The van der Waals surface area contributed by atoms with Crippen LogP contribution >= 0.6 is 0 Å². The molecule has 0 bridgehead atoms. The van der Waals surface area contributed by atoms with Crippen LogP contribution in [0.25, 0.3) is 11.1 Å².